The highest BCUT2D eigenvalue weighted by molar-refractivity contribution is 7.12. The van der Waals surface area contributed by atoms with Crippen LogP contribution in [0, 0.1) is 12.8 Å². The molecule has 1 aliphatic rings. The Morgan fingerprint density at radius 3 is 2.56 bits per heavy atom. The number of anilines is 1. The van der Waals surface area contributed by atoms with E-state index in [0.29, 0.717) is 28.6 Å². The van der Waals surface area contributed by atoms with Crippen molar-refractivity contribution in [1.82, 2.24) is 10.2 Å². The lowest BCUT2D eigenvalue weighted by Gasteiger charge is -2.24. The summed E-state index contributed by atoms with van der Waals surface area (Å²) in [4.78, 5) is 41.0. The number of aryl methyl sites for hydroxylation is 1. The number of carbonyl (C=O) groups excluding carboxylic acids is 3. The van der Waals surface area contributed by atoms with Gasteiger partial charge in [-0.2, -0.15) is 0 Å². The summed E-state index contributed by atoms with van der Waals surface area (Å²) < 4.78 is 5.76. The molecule has 2 atom stereocenters. The lowest BCUT2D eigenvalue weighted by atomic mass is 9.99. The highest BCUT2D eigenvalue weighted by atomic mass is 32.1. The number of cyclic esters (lactones) is 1. The summed E-state index contributed by atoms with van der Waals surface area (Å²) in [6.45, 7) is 6.96. The van der Waals surface area contributed by atoms with Crippen molar-refractivity contribution in [2.24, 2.45) is 5.92 Å². The van der Waals surface area contributed by atoms with E-state index in [2.05, 4.69) is 24.5 Å². The molecule has 3 amide bonds. The van der Waals surface area contributed by atoms with Crippen LogP contribution in [0.15, 0.2) is 66.0 Å². The van der Waals surface area contributed by atoms with Crippen molar-refractivity contribution < 1.29 is 19.1 Å². The van der Waals surface area contributed by atoms with E-state index >= 15 is 0 Å². The number of amides is 3. The molecule has 8 heteroatoms. The van der Waals surface area contributed by atoms with Crippen LogP contribution >= 0.6 is 11.3 Å². The lowest BCUT2D eigenvalue weighted by Crippen LogP contribution is -2.46. The third kappa shape index (κ3) is 6.12. The highest BCUT2D eigenvalue weighted by Crippen LogP contribution is 2.35. The van der Waals surface area contributed by atoms with Crippen molar-refractivity contribution in [3.63, 3.8) is 0 Å². The molecule has 0 aliphatic carbocycles. The Kier molecular flexibility index (Phi) is 8.05. The molecule has 4 rings (SSSR count). The molecule has 7 nitrogen and oxygen atoms in total. The Morgan fingerprint density at radius 1 is 1.08 bits per heavy atom. The maximum atomic E-state index is 13.4. The molecule has 1 fully saturated rings. The Labute approximate surface area is 215 Å². The summed E-state index contributed by atoms with van der Waals surface area (Å²) in [6.07, 6.45) is -0.515. The zero-order valence-electron chi connectivity index (χ0n) is 20.7. The molecule has 0 unspecified atom stereocenters. The quantitative estimate of drug-likeness (QED) is 0.400. The van der Waals surface area contributed by atoms with Crippen LogP contribution in [0.5, 0.6) is 0 Å². The predicted molar refractivity (Wildman–Crippen MR) is 141 cm³/mol. The van der Waals surface area contributed by atoms with E-state index in [4.69, 9.17) is 4.74 Å². The minimum absolute atomic E-state index is 0.213. The van der Waals surface area contributed by atoms with Gasteiger partial charge >= 0.3 is 6.09 Å². The van der Waals surface area contributed by atoms with E-state index in [1.54, 1.807) is 24.3 Å². The predicted octanol–water partition coefficient (Wildman–Crippen LogP) is 5.53. The van der Waals surface area contributed by atoms with Crippen molar-refractivity contribution in [3.8, 4) is 0 Å². The van der Waals surface area contributed by atoms with Crippen molar-refractivity contribution in [2.75, 3.05) is 11.9 Å². The Morgan fingerprint density at radius 2 is 1.86 bits per heavy atom. The monoisotopic (exact) mass is 505 g/mol. The van der Waals surface area contributed by atoms with E-state index in [0.717, 1.165) is 17.5 Å². The second kappa shape index (κ2) is 11.4. The Hall–Kier alpha value is -3.65. The van der Waals surface area contributed by atoms with Crippen LogP contribution in [0.2, 0.25) is 0 Å². The number of hydrogen-bond donors (Lipinski definition) is 2. The van der Waals surface area contributed by atoms with Gasteiger partial charge in [-0.1, -0.05) is 61.9 Å². The molecule has 3 aromatic rings. The summed E-state index contributed by atoms with van der Waals surface area (Å²) in [5.74, 6) is -0.0314. The van der Waals surface area contributed by atoms with Crippen LogP contribution in [-0.4, -0.2) is 35.4 Å². The zero-order valence-corrected chi connectivity index (χ0v) is 21.5. The first-order chi connectivity index (χ1) is 17.3. The topological polar surface area (TPSA) is 87.7 Å². The fraction of sp³-hybridized carbons (Fsp3) is 0.321. The van der Waals surface area contributed by atoms with Crippen LogP contribution in [0.25, 0.3) is 0 Å². The van der Waals surface area contributed by atoms with E-state index in [1.807, 2.05) is 48.7 Å². The molecule has 0 radical (unpaired) electrons. The van der Waals surface area contributed by atoms with Crippen LogP contribution in [0.3, 0.4) is 0 Å². The van der Waals surface area contributed by atoms with Gasteiger partial charge in [-0.3, -0.25) is 14.5 Å². The molecule has 1 saturated heterocycles. The molecule has 1 aromatic heterocycles. The molecule has 1 aliphatic heterocycles. The second-order valence-electron chi connectivity index (χ2n) is 9.39. The van der Waals surface area contributed by atoms with Gasteiger partial charge in [-0.05, 0) is 54.0 Å². The zero-order chi connectivity index (χ0) is 25.7. The smallest absolute Gasteiger partial charge is 0.411 e. The maximum Gasteiger partial charge on any atom is 0.411 e. The number of benzene rings is 2. The number of hydrogen-bond acceptors (Lipinski definition) is 5. The van der Waals surface area contributed by atoms with Gasteiger partial charge in [0.2, 0.25) is 5.91 Å². The number of thiophene rings is 1. The summed E-state index contributed by atoms with van der Waals surface area (Å²) in [6, 6.07) is 17.7. The fourth-order valence-electron chi connectivity index (χ4n) is 4.08. The molecular weight excluding hydrogens is 474 g/mol. The molecule has 2 N–H and O–H groups in total. The molecule has 2 aromatic carbocycles. The van der Waals surface area contributed by atoms with Gasteiger partial charge in [0.15, 0.2) is 12.1 Å². The molecule has 0 spiro atoms. The van der Waals surface area contributed by atoms with Crippen LogP contribution < -0.4 is 10.6 Å². The molecule has 0 saturated carbocycles. The van der Waals surface area contributed by atoms with Crippen molar-refractivity contribution in [2.45, 2.75) is 45.9 Å². The largest absolute Gasteiger partial charge is 0.438 e. The van der Waals surface area contributed by atoms with Gasteiger partial charge in [0.05, 0.1) is 11.4 Å². The van der Waals surface area contributed by atoms with Crippen LogP contribution in [0.4, 0.5) is 10.5 Å². The first kappa shape index (κ1) is 25.4. The minimum Gasteiger partial charge on any atom is -0.438 e. The van der Waals surface area contributed by atoms with Crippen molar-refractivity contribution in [1.29, 1.82) is 0 Å². The fourth-order valence-corrected chi connectivity index (χ4v) is 4.70. The highest BCUT2D eigenvalue weighted by Gasteiger charge is 2.47. The number of nitrogens with one attached hydrogen (secondary N) is 2. The Balaban J connectivity index is 1.58. The lowest BCUT2D eigenvalue weighted by molar-refractivity contribution is -0.126. The maximum absolute atomic E-state index is 13.4. The number of carbonyl (C=O) groups is 3. The van der Waals surface area contributed by atoms with Gasteiger partial charge < -0.3 is 15.4 Å². The first-order valence-electron chi connectivity index (χ1n) is 12.1. The van der Waals surface area contributed by atoms with E-state index in [-0.39, 0.29) is 18.4 Å². The van der Waals surface area contributed by atoms with Crippen molar-refractivity contribution >= 4 is 34.9 Å². The molecule has 188 valence electrons. The van der Waals surface area contributed by atoms with Gasteiger partial charge in [0.25, 0.3) is 5.91 Å². The van der Waals surface area contributed by atoms with Crippen LogP contribution in [-0.2, 0) is 16.1 Å². The summed E-state index contributed by atoms with van der Waals surface area (Å²) in [7, 11) is 0. The van der Waals surface area contributed by atoms with E-state index < -0.39 is 18.2 Å². The molecule has 2 heterocycles. The van der Waals surface area contributed by atoms with Gasteiger partial charge in [-0.15, -0.1) is 11.3 Å². The second-order valence-corrected chi connectivity index (χ2v) is 10.3. The average molecular weight is 506 g/mol. The summed E-state index contributed by atoms with van der Waals surface area (Å²) >= 11 is 1.35. The Bertz CT molecular complexity index is 1210. The summed E-state index contributed by atoms with van der Waals surface area (Å²) in [5, 5.41) is 7.71. The standard InChI is InChI=1S/C28H31N3O4S/c1-18(2)13-14-29-27(33)24-25(35-28(34)31(24)17-20-11-9-19(3)10-12-20)21-6-4-7-22(16-21)30-26(32)23-8-5-15-36-23/h4-12,15-16,18,24-25H,13-14,17H2,1-3H3,(H,29,33)(H,30,32)/t24-,25-/m1/s1. The van der Waals surface area contributed by atoms with Gasteiger partial charge in [0, 0.05) is 12.2 Å². The van der Waals surface area contributed by atoms with E-state index in [9.17, 15) is 14.4 Å². The summed E-state index contributed by atoms with van der Waals surface area (Å²) in [5.41, 5.74) is 3.24. The number of ether oxygens (including phenoxy) is 1. The van der Waals surface area contributed by atoms with Gasteiger partial charge in [0.1, 0.15) is 0 Å². The normalized spacial score (nSPS) is 17.2. The third-order valence-corrected chi connectivity index (χ3v) is 6.93. The molecular formula is C28H31N3O4S. The molecule has 36 heavy (non-hydrogen) atoms. The number of nitrogens with zero attached hydrogens (tertiary/aromatic N) is 1. The molecule has 0 bridgehead atoms. The number of rotatable bonds is 9. The van der Waals surface area contributed by atoms with Crippen LogP contribution in [0.1, 0.15) is 52.7 Å². The minimum atomic E-state index is -0.839. The average Bonchev–Trinajstić information content (AvgIpc) is 3.49. The first-order valence-corrected chi connectivity index (χ1v) is 12.9. The van der Waals surface area contributed by atoms with Gasteiger partial charge in [-0.25, -0.2) is 4.79 Å². The van der Waals surface area contributed by atoms with E-state index in [1.165, 1.54) is 16.2 Å². The third-order valence-electron chi connectivity index (χ3n) is 6.07. The SMILES string of the molecule is Cc1ccc(CN2C(=O)O[C@H](c3cccc(NC(=O)c4cccs4)c3)[C@@H]2C(=O)NCCC(C)C)cc1. The van der Waals surface area contributed by atoms with Crippen molar-refractivity contribution in [3.05, 3.63) is 87.6 Å².